The van der Waals surface area contributed by atoms with Gasteiger partial charge in [-0.2, -0.15) is 0 Å². The monoisotopic (exact) mass is 310 g/mol. The highest BCUT2D eigenvalue weighted by Gasteiger charge is 2.13. The van der Waals surface area contributed by atoms with Gasteiger partial charge in [-0.25, -0.2) is 0 Å². The number of halogens is 1. The quantitative estimate of drug-likeness (QED) is 0.890. The Kier molecular flexibility index (Phi) is 6.71. The van der Waals surface area contributed by atoms with E-state index < -0.39 is 0 Å². The van der Waals surface area contributed by atoms with Gasteiger partial charge in [0.25, 0.3) is 5.91 Å². The first-order valence-electron chi connectivity index (χ1n) is 6.35. The molecule has 3 N–H and O–H groups in total. The average Bonchev–Trinajstić information content (AvgIpc) is 2.88. The molecular weight excluding hydrogens is 292 g/mol. The number of carbonyl (C=O) groups is 1. The Labute approximate surface area is 129 Å². The molecule has 0 aliphatic carbocycles. The summed E-state index contributed by atoms with van der Waals surface area (Å²) < 4.78 is 0. The van der Waals surface area contributed by atoms with Crippen LogP contribution in [0, 0.1) is 0 Å². The zero-order valence-corrected chi connectivity index (χ0v) is 13.0. The van der Waals surface area contributed by atoms with E-state index in [4.69, 9.17) is 5.73 Å². The lowest BCUT2D eigenvalue weighted by atomic mass is 10.1. The van der Waals surface area contributed by atoms with Crippen LogP contribution >= 0.6 is 23.7 Å². The second kappa shape index (κ2) is 8.04. The molecule has 0 aliphatic heterocycles. The number of amides is 1. The summed E-state index contributed by atoms with van der Waals surface area (Å²) in [7, 11) is 0. The Morgan fingerprint density at radius 1 is 1.30 bits per heavy atom. The van der Waals surface area contributed by atoms with Crippen LogP contribution in [0.5, 0.6) is 0 Å². The number of hydrogen-bond donors (Lipinski definition) is 2. The van der Waals surface area contributed by atoms with Crippen LogP contribution < -0.4 is 11.1 Å². The molecule has 1 aromatic carbocycles. The molecule has 108 valence electrons. The van der Waals surface area contributed by atoms with E-state index in [2.05, 4.69) is 5.32 Å². The van der Waals surface area contributed by atoms with Crippen molar-refractivity contribution >= 4 is 29.7 Å². The lowest BCUT2D eigenvalue weighted by Gasteiger charge is -2.08. The average molecular weight is 311 g/mol. The summed E-state index contributed by atoms with van der Waals surface area (Å²) in [5, 5.41) is 4.87. The van der Waals surface area contributed by atoms with Crippen LogP contribution in [0.1, 0.15) is 23.0 Å². The third-order valence-corrected chi connectivity index (χ3v) is 3.75. The molecule has 1 unspecified atom stereocenters. The SMILES string of the molecule is CC(N)CCNC(=O)c1sccc1-c1ccccc1.Cl. The van der Waals surface area contributed by atoms with Gasteiger partial charge < -0.3 is 11.1 Å². The second-order valence-electron chi connectivity index (χ2n) is 4.55. The topological polar surface area (TPSA) is 55.1 Å². The number of rotatable bonds is 5. The summed E-state index contributed by atoms with van der Waals surface area (Å²) in [6, 6.07) is 12.0. The maximum absolute atomic E-state index is 12.1. The highest BCUT2D eigenvalue weighted by atomic mass is 35.5. The van der Waals surface area contributed by atoms with Crippen molar-refractivity contribution in [3.8, 4) is 11.1 Å². The van der Waals surface area contributed by atoms with Crippen molar-refractivity contribution in [2.45, 2.75) is 19.4 Å². The molecule has 20 heavy (non-hydrogen) atoms. The number of nitrogens with one attached hydrogen (secondary N) is 1. The number of nitrogens with two attached hydrogens (primary N) is 1. The van der Waals surface area contributed by atoms with Crippen molar-refractivity contribution in [3.63, 3.8) is 0 Å². The van der Waals surface area contributed by atoms with E-state index >= 15 is 0 Å². The molecule has 3 nitrogen and oxygen atoms in total. The summed E-state index contributed by atoms with van der Waals surface area (Å²) in [5.74, 6) is -0.0190. The van der Waals surface area contributed by atoms with E-state index in [-0.39, 0.29) is 24.4 Å². The number of hydrogen-bond acceptors (Lipinski definition) is 3. The molecule has 0 aliphatic rings. The molecule has 0 saturated carbocycles. The molecule has 0 bridgehead atoms. The Morgan fingerprint density at radius 2 is 2.00 bits per heavy atom. The van der Waals surface area contributed by atoms with Crippen LogP contribution in [-0.2, 0) is 0 Å². The Morgan fingerprint density at radius 3 is 2.65 bits per heavy atom. The zero-order valence-electron chi connectivity index (χ0n) is 11.3. The Hall–Kier alpha value is -1.36. The molecule has 1 aromatic heterocycles. The highest BCUT2D eigenvalue weighted by Crippen LogP contribution is 2.27. The van der Waals surface area contributed by atoms with Gasteiger partial charge in [-0.05, 0) is 30.4 Å². The Balaban J connectivity index is 0.00000200. The number of benzene rings is 1. The fourth-order valence-electron chi connectivity index (χ4n) is 1.82. The van der Waals surface area contributed by atoms with Gasteiger partial charge in [-0.15, -0.1) is 23.7 Å². The standard InChI is InChI=1S/C15H18N2OS.ClH/c1-11(16)7-9-17-15(18)14-13(8-10-19-14)12-5-3-2-4-6-12;/h2-6,8,10-11H,7,9,16H2,1H3,(H,17,18);1H. The molecule has 2 aromatic rings. The van der Waals surface area contributed by atoms with Crippen molar-refractivity contribution in [1.82, 2.24) is 5.32 Å². The second-order valence-corrected chi connectivity index (χ2v) is 5.47. The minimum absolute atomic E-state index is 0. The summed E-state index contributed by atoms with van der Waals surface area (Å²) in [6.07, 6.45) is 0.789. The van der Waals surface area contributed by atoms with E-state index in [0.29, 0.717) is 6.54 Å². The molecule has 1 heterocycles. The zero-order chi connectivity index (χ0) is 13.7. The van der Waals surface area contributed by atoms with Crippen molar-refractivity contribution in [2.24, 2.45) is 5.73 Å². The summed E-state index contributed by atoms with van der Waals surface area (Å²) in [5.41, 5.74) is 7.73. The summed E-state index contributed by atoms with van der Waals surface area (Å²) in [6.45, 7) is 2.55. The molecule has 0 fully saturated rings. The number of thiophene rings is 1. The van der Waals surface area contributed by atoms with Gasteiger partial charge in [0.1, 0.15) is 0 Å². The largest absolute Gasteiger partial charge is 0.351 e. The van der Waals surface area contributed by atoms with Crippen molar-refractivity contribution in [3.05, 3.63) is 46.7 Å². The minimum Gasteiger partial charge on any atom is -0.351 e. The summed E-state index contributed by atoms with van der Waals surface area (Å²) >= 11 is 1.47. The molecule has 2 rings (SSSR count). The third kappa shape index (κ3) is 4.34. The van der Waals surface area contributed by atoms with E-state index in [1.165, 1.54) is 11.3 Å². The first kappa shape index (κ1) is 16.7. The van der Waals surface area contributed by atoms with Gasteiger partial charge >= 0.3 is 0 Å². The molecule has 0 spiro atoms. The van der Waals surface area contributed by atoms with Gasteiger partial charge in [0.15, 0.2) is 0 Å². The van der Waals surface area contributed by atoms with Crippen molar-refractivity contribution in [1.29, 1.82) is 0 Å². The van der Waals surface area contributed by atoms with Gasteiger partial charge in [-0.3, -0.25) is 4.79 Å². The molecule has 0 saturated heterocycles. The predicted octanol–water partition coefficient (Wildman–Crippen LogP) is 3.30. The molecule has 1 atom stereocenters. The van der Waals surface area contributed by atoms with Crippen LogP contribution in [0.25, 0.3) is 11.1 Å². The molecule has 1 amide bonds. The van der Waals surface area contributed by atoms with Crippen molar-refractivity contribution < 1.29 is 4.79 Å². The maximum Gasteiger partial charge on any atom is 0.261 e. The van der Waals surface area contributed by atoms with Crippen LogP contribution in [-0.4, -0.2) is 18.5 Å². The van der Waals surface area contributed by atoms with Crippen LogP contribution in [0.15, 0.2) is 41.8 Å². The smallest absolute Gasteiger partial charge is 0.261 e. The highest BCUT2D eigenvalue weighted by molar-refractivity contribution is 7.12. The first-order valence-corrected chi connectivity index (χ1v) is 7.23. The maximum atomic E-state index is 12.1. The molecule has 0 radical (unpaired) electrons. The normalized spacial score (nSPS) is 11.5. The van der Waals surface area contributed by atoms with Gasteiger partial charge in [0.05, 0.1) is 4.88 Å². The minimum atomic E-state index is -0.0190. The lowest BCUT2D eigenvalue weighted by Crippen LogP contribution is -2.28. The van der Waals surface area contributed by atoms with E-state index in [1.807, 2.05) is 48.7 Å². The van der Waals surface area contributed by atoms with Gasteiger partial charge in [0, 0.05) is 18.2 Å². The van der Waals surface area contributed by atoms with Crippen LogP contribution in [0.2, 0.25) is 0 Å². The van der Waals surface area contributed by atoms with E-state index in [1.54, 1.807) is 0 Å². The third-order valence-electron chi connectivity index (χ3n) is 2.84. The first-order chi connectivity index (χ1) is 9.18. The van der Waals surface area contributed by atoms with E-state index in [9.17, 15) is 4.79 Å². The van der Waals surface area contributed by atoms with Gasteiger partial charge in [0.2, 0.25) is 0 Å². The van der Waals surface area contributed by atoms with Crippen LogP contribution in [0.4, 0.5) is 0 Å². The lowest BCUT2D eigenvalue weighted by molar-refractivity contribution is 0.0957. The fourth-order valence-corrected chi connectivity index (χ4v) is 2.66. The van der Waals surface area contributed by atoms with Crippen molar-refractivity contribution in [2.75, 3.05) is 6.54 Å². The Bertz CT molecular complexity index is 540. The van der Waals surface area contributed by atoms with E-state index in [0.717, 1.165) is 22.4 Å². The fraction of sp³-hybridized carbons (Fsp3) is 0.267. The number of carbonyl (C=O) groups excluding carboxylic acids is 1. The van der Waals surface area contributed by atoms with Crippen LogP contribution in [0.3, 0.4) is 0 Å². The molecular formula is C15H19ClN2OS. The van der Waals surface area contributed by atoms with Gasteiger partial charge in [-0.1, -0.05) is 30.3 Å². The predicted molar refractivity (Wildman–Crippen MR) is 87.6 cm³/mol. The molecule has 5 heteroatoms. The summed E-state index contributed by atoms with van der Waals surface area (Å²) in [4.78, 5) is 12.9.